The van der Waals surface area contributed by atoms with Crippen LogP contribution < -0.4 is 4.74 Å². The average molecular weight is 311 g/mol. The van der Waals surface area contributed by atoms with Crippen LogP contribution in [0.5, 0.6) is 5.75 Å². The normalized spacial score (nSPS) is 12.6. The Bertz CT molecular complexity index is 464. The predicted octanol–water partition coefficient (Wildman–Crippen LogP) is 3.93. The van der Waals surface area contributed by atoms with Crippen LogP contribution in [0.25, 0.3) is 0 Å². The molecule has 3 heteroatoms. The van der Waals surface area contributed by atoms with E-state index < -0.39 is 6.10 Å². The number of aliphatic hydroxyl groups is 1. The minimum atomic E-state index is -0.607. The summed E-state index contributed by atoms with van der Waals surface area (Å²) >= 11 is 3.43. The van der Waals surface area contributed by atoms with E-state index in [1.807, 2.05) is 39.0 Å². The van der Waals surface area contributed by atoms with Gasteiger partial charge in [-0.1, -0.05) is 27.8 Å². The van der Waals surface area contributed by atoms with Crippen LogP contribution in [0.3, 0.4) is 0 Å². The molecular weight excluding hydrogens is 292 g/mol. The van der Waals surface area contributed by atoms with Crippen molar-refractivity contribution in [2.24, 2.45) is 5.41 Å². The Hall–Kier alpha value is -0.980. The molecule has 0 fully saturated rings. The molecule has 0 saturated heterocycles. The summed E-state index contributed by atoms with van der Waals surface area (Å²) in [5.41, 5.74) is 0.767. The van der Waals surface area contributed by atoms with Gasteiger partial charge in [-0.15, -0.1) is 0 Å². The second-order valence-electron chi connectivity index (χ2n) is 5.16. The maximum absolute atomic E-state index is 10.1. The summed E-state index contributed by atoms with van der Waals surface area (Å²) in [6.07, 6.45) is -0.187. The van der Waals surface area contributed by atoms with Crippen LogP contribution in [0, 0.1) is 17.3 Å². The van der Waals surface area contributed by atoms with Gasteiger partial charge >= 0.3 is 0 Å². The monoisotopic (exact) mass is 310 g/mol. The molecule has 18 heavy (non-hydrogen) atoms. The molecular formula is C15H19BrO2. The molecule has 1 atom stereocenters. The third-order valence-electron chi connectivity index (χ3n) is 2.32. The minimum Gasteiger partial charge on any atom is -0.497 e. The van der Waals surface area contributed by atoms with Crippen molar-refractivity contribution in [1.29, 1.82) is 0 Å². The Morgan fingerprint density at radius 2 is 2.06 bits per heavy atom. The molecule has 1 N–H and O–H groups in total. The molecule has 0 aliphatic carbocycles. The van der Waals surface area contributed by atoms with Crippen LogP contribution >= 0.6 is 15.9 Å². The maximum Gasteiger partial charge on any atom is 0.119 e. The second kappa shape index (κ2) is 6.26. The number of benzene rings is 1. The lowest BCUT2D eigenvalue weighted by Crippen LogP contribution is -2.01. The summed E-state index contributed by atoms with van der Waals surface area (Å²) in [7, 11) is 1.61. The lowest BCUT2D eigenvalue weighted by molar-refractivity contribution is 0.182. The Balaban J connectivity index is 2.83. The average Bonchev–Trinajstić information content (AvgIpc) is 2.27. The topological polar surface area (TPSA) is 29.5 Å². The lowest BCUT2D eigenvalue weighted by atomic mass is 9.97. The van der Waals surface area contributed by atoms with Crippen molar-refractivity contribution < 1.29 is 9.84 Å². The van der Waals surface area contributed by atoms with Gasteiger partial charge in [0.05, 0.1) is 13.2 Å². The highest BCUT2D eigenvalue weighted by Crippen LogP contribution is 2.29. The van der Waals surface area contributed by atoms with E-state index in [9.17, 15) is 5.11 Å². The molecule has 2 nitrogen and oxygen atoms in total. The third-order valence-corrected chi connectivity index (χ3v) is 3.04. The van der Waals surface area contributed by atoms with Crippen LogP contribution in [0.4, 0.5) is 0 Å². The first-order chi connectivity index (χ1) is 8.33. The lowest BCUT2D eigenvalue weighted by Gasteiger charge is -2.12. The quantitative estimate of drug-likeness (QED) is 0.857. The van der Waals surface area contributed by atoms with E-state index in [1.54, 1.807) is 7.11 Å². The van der Waals surface area contributed by atoms with Gasteiger partial charge in [-0.2, -0.15) is 0 Å². The molecule has 0 amide bonds. The van der Waals surface area contributed by atoms with E-state index in [0.717, 1.165) is 15.8 Å². The molecule has 0 radical (unpaired) electrons. The Labute approximate surface area is 117 Å². The summed E-state index contributed by atoms with van der Waals surface area (Å²) in [5, 5.41) is 10.1. The standard InChI is InChI=1S/C15H19BrO2/c1-15(2,3)9-5-6-14(17)12-10-11(18-4)7-8-13(12)16/h7-8,10,14,17H,6H2,1-4H3. The van der Waals surface area contributed by atoms with E-state index in [4.69, 9.17) is 4.74 Å². The SMILES string of the molecule is COc1ccc(Br)c(C(O)CC#CC(C)(C)C)c1. The highest BCUT2D eigenvalue weighted by atomic mass is 79.9. The summed E-state index contributed by atoms with van der Waals surface area (Å²) < 4.78 is 6.02. The molecule has 0 aliphatic rings. The van der Waals surface area contributed by atoms with E-state index in [2.05, 4.69) is 27.8 Å². The van der Waals surface area contributed by atoms with Gasteiger partial charge in [0, 0.05) is 16.3 Å². The number of halogens is 1. The van der Waals surface area contributed by atoms with E-state index in [0.29, 0.717) is 6.42 Å². The van der Waals surface area contributed by atoms with Gasteiger partial charge in [-0.05, 0) is 44.5 Å². The molecule has 0 heterocycles. The van der Waals surface area contributed by atoms with Crippen molar-refractivity contribution in [2.45, 2.75) is 33.3 Å². The summed E-state index contributed by atoms with van der Waals surface area (Å²) in [4.78, 5) is 0. The summed E-state index contributed by atoms with van der Waals surface area (Å²) in [6.45, 7) is 6.15. The van der Waals surface area contributed by atoms with E-state index in [1.165, 1.54) is 0 Å². The van der Waals surface area contributed by atoms with Crippen LogP contribution in [0.15, 0.2) is 22.7 Å². The van der Waals surface area contributed by atoms with Crippen molar-refractivity contribution in [3.05, 3.63) is 28.2 Å². The van der Waals surface area contributed by atoms with Crippen LogP contribution in [0.1, 0.15) is 38.9 Å². The maximum atomic E-state index is 10.1. The number of methoxy groups -OCH3 is 1. The van der Waals surface area contributed by atoms with Crippen molar-refractivity contribution >= 4 is 15.9 Å². The number of ether oxygens (including phenoxy) is 1. The highest BCUT2D eigenvalue weighted by Gasteiger charge is 2.12. The molecule has 1 unspecified atom stereocenters. The molecule has 0 bridgehead atoms. The van der Waals surface area contributed by atoms with Crippen molar-refractivity contribution in [2.75, 3.05) is 7.11 Å². The number of hydrogen-bond donors (Lipinski definition) is 1. The van der Waals surface area contributed by atoms with Crippen LogP contribution in [-0.2, 0) is 0 Å². The fourth-order valence-electron chi connectivity index (χ4n) is 1.43. The predicted molar refractivity (Wildman–Crippen MR) is 77.5 cm³/mol. The minimum absolute atomic E-state index is 0.0364. The summed E-state index contributed by atoms with van der Waals surface area (Å²) in [6, 6.07) is 5.54. The molecule has 0 saturated carbocycles. The van der Waals surface area contributed by atoms with Gasteiger partial charge in [-0.25, -0.2) is 0 Å². The molecule has 0 aliphatic heterocycles. The molecule has 0 spiro atoms. The number of aliphatic hydroxyl groups excluding tert-OH is 1. The van der Waals surface area contributed by atoms with Gasteiger partial charge in [0.1, 0.15) is 5.75 Å². The zero-order valence-corrected chi connectivity index (χ0v) is 12.8. The van der Waals surface area contributed by atoms with Gasteiger partial charge in [0.2, 0.25) is 0 Å². The fraction of sp³-hybridized carbons (Fsp3) is 0.467. The van der Waals surface area contributed by atoms with Gasteiger partial charge in [-0.3, -0.25) is 0 Å². The molecule has 1 aromatic carbocycles. The molecule has 98 valence electrons. The van der Waals surface area contributed by atoms with Crippen molar-refractivity contribution in [3.63, 3.8) is 0 Å². The smallest absolute Gasteiger partial charge is 0.119 e. The van der Waals surface area contributed by atoms with Gasteiger partial charge in [0.15, 0.2) is 0 Å². The zero-order valence-electron chi connectivity index (χ0n) is 11.2. The first kappa shape index (κ1) is 15.1. The second-order valence-corrected chi connectivity index (χ2v) is 6.01. The highest BCUT2D eigenvalue weighted by molar-refractivity contribution is 9.10. The Kier molecular flexibility index (Phi) is 5.25. The van der Waals surface area contributed by atoms with E-state index >= 15 is 0 Å². The fourth-order valence-corrected chi connectivity index (χ4v) is 1.94. The van der Waals surface area contributed by atoms with E-state index in [-0.39, 0.29) is 5.41 Å². The number of rotatable bonds is 3. The molecule has 0 aromatic heterocycles. The Morgan fingerprint density at radius 1 is 1.39 bits per heavy atom. The van der Waals surface area contributed by atoms with Gasteiger partial charge in [0.25, 0.3) is 0 Å². The number of hydrogen-bond acceptors (Lipinski definition) is 2. The zero-order chi connectivity index (χ0) is 13.8. The van der Waals surface area contributed by atoms with Crippen LogP contribution in [0.2, 0.25) is 0 Å². The third kappa shape index (κ3) is 4.72. The first-order valence-electron chi connectivity index (χ1n) is 5.85. The molecule has 1 aromatic rings. The first-order valence-corrected chi connectivity index (χ1v) is 6.64. The molecule has 1 rings (SSSR count). The Morgan fingerprint density at radius 3 is 2.61 bits per heavy atom. The largest absolute Gasteiger partial charge is 0.497 e. The van der Waals surface area contributed by atoms with Crippen LogP contribution in [-0.4, -0.2) is 12.2 Å². The van der Waals surface area contributed by atoms with Gasteiger partial charge < -0.3 is 9.84 Å². The van der Waals surface area contributed by atoms with Crippen molar-refractivity contribution in [1.82, 2.24) is 0 Å². The van der Waals surface area contributed by atoms with Crippen molar-refractivity contribution in [3.8, 4) is 17.6 Å². The summed E-state index contributed by atoms with van der Waals surface area (Å²) in [5.74, 6) is 6.87.